The van der Waals surface area contributed by atoms with Crippen LogP contribution in [0.3, 0.4) is 0 Å². The number of rotatable bonds is 6. The smallest absolute Gasteiger partial charge is 0.260 e. The van der Waals surface area contributed by atoms with E-state index in [1.807, 2.05) is 13.0 Å². The molecule has 106 valence electrons. The van der Waals surface area contributed by atoms with E-state index in [9.17, 15) is 4.79 Å². The van der Waals surface area contributed by atoms with Gasteiger partial charge in [0, 0.05) is 20.1 Å². The Labute approximate surface area is 121 Å². The molecule has 1 rings (SSSR count). The maximum absolute atomic E-state index is 11.7. The van der Waals surface area contributed by atoms with Crippen LogP contribution in [0.4, 0.5) is 0 Å². The molecule has 5 nitrogen and oxygen atoms in total. The summed E-state index contributed by atoms with van der Waals surface area (Å²) in [5, 5.41) is 0. The van der Waals surface area contributed by atoms with Crippen LogP contribution < -0.4 is 15.2 Å². The minimum atomic E-state index is -0.0839. The minimum Gasteiger partial charge on any atom is -0.493 e. The molecule has 1 aromatic carbocycles. The maximum atomic E-state index is 11.7. The second kappa shape index (κ2) is 7.35. The highest BCUT2D eigenvalue weighted by Crippen LogP contribution is 2.36. The minimum absolute atomic E-state index is 0.0265. The molecule has 1 amide bonds. The lowest BCUT2D eigenvalue weighted by Gasteiger charge is -2.17. The van der Waals surface area contributed by atoms with Gasteiger partial charge in [-0.15, -0.1) is 0 Å². The largest absolute Gasteiger partial charge is 0.493 e. The number of hydrogen-bond donors (Lipinski definition) is 1. The summed E-state index contributed by atoms with van der Waals surface area (Å²) in [5.74, 6) is 0.985. The van der Waals surface area contributed by atoms with Crippen molar-refractivity contribution in [2.24, 2.45) is 5.73 Å². The van der Waals surface area contributed by atoms with Gasteiger partial charge < -0.3 is 20.1 Å². The predicted octanol–water partition coefficient (Wildman–Crippen LogP) is 1.77. The first-order valence-corrected chi connectivity index (χ1v) is 6.76. The molecular formula is C13H19BrN2O3. The molecule has 0 unspecified atom stereocenters. The van der Waals surface area contributed by atoms with Gasteiger partial charge in [0.2, 0.25) is 0 Å². The lowest BCUT2D eigenvalue weighted by molar-refractivity contribution is -0.131. The topological polar surface area (TPSA) is 64.8 Å². The van der Waals surface area contributed by atoms with Crippen LogP contribution in [0.1, 0.15) is 12.5 Å². The summed E-state index contributed by atoms with van der Waals surface area (Å²) in [5.41, 5.74) is 6.52. The van der Waals surface area contributed by atoms with Crippen LogP contribution in [0.15, 0.2) is 16.6 Å². The van der Waals surface area contributed by atoms with Crippen molar-refractivity contribution in [1.29, 1.82) is 0 Å². The summed E-state index contributed by atoms with van der Waals surface area (Å²) in [6.45, 7) is 2.94. The highest BCUT2D eigenvalue weighted by Gasteiger charge is 2.14. The molecule has 0 atom stereocenters. The molecule has 19 heavy (non-hydrogen) atoms. The number of ether oxygens (including phenoxy) is 2. The van der Waals surface area contributed by atoms with Gasteiger partial charge in [0.15, 0.2) is 18.1 Å². The van der Waals surface area contributed by atoms with Crippen molar-refractivity contribution in [3.8, 4) is 11.5 Å². The molecule has 0 saturated carbocycles. The van der Waals surface area contributed by atoms with E-state index in [0.29, 0.717) is 24.6 Å². The summed E-state index contributed by atoms with van der Waals surface area (Å²) in [7, 11) is 3.28. The van der Waals surface area contributed by atoms with Gasteiger partial charge in [0.1, 0.15) is 0 Å². The van der Waals surface area contributed by atoms with Crippen molar-refractivity contribution < 1.29 is 14.3 Å². The number of halogens is 1. The molecule has 2 N–H and O–H groups in total. The monoisotopic (exact) mass is 330 g/mol. The third kappa shape index (κ3) is 4.11. The van der Waals surface area contributed by atoms with Crippen LogP contribution in [-0.4, -0.2) is 38.1 Å². The van der Waals surface area contributed by atoms with E-state index in [1.165, 1.54) is 0 Å². The van der Waals surface area contributed by atoms with Crippen molar-refractivity contribution in [3.05, 3.63) is 22.2 Å². The van der Waals surface area contributed by atoms with Crippen LogP contribution in [0.2, 0.25) is 0 Å². The summed E-state index contributed by atoms with van der Waals surface area (Å²) in [4.78, 5) is 13.3. The SMILES string of the molecule is CCN(C)C(=O)COc1c(Br)cc(CN)cc1OC. The molecule has 0 aromatic heterocycles. The number of amides is 1. The Bertz CT molecular complexity index is 452. The molecule has 0 saturated heterocycles. The van der Waals surface area contributed by atoms with Gasteiger partial charge >= 0.3 is 0 Å². The van der Waals surface area contributed by atoms with Crippen molar-refractivity contribution >= 4 is 21.8 Å². The third-order valence-electron chi connectivity index (χ3n) is 2.77. The van der Waals surface area contributed by atoms with Crippen LogP contribution >= 0.6 is 15.9 Å². The molecule has 0 heterocycles. The lowest BCUT2D eigenvalue weighted by Crippen LogP contribution is -2.31. The fraction of sp³-hybridized carbons (Fsp3) is 0.462. The van der Waals surface area contributed by atoms with Gasteiger partial charge in [-0.1, -0.05) is 0 Å². The predicted molar refractivity (Wildman–Crippen MR) is 77.4 cm³/mol. The fourth-order valence-corrected chi connectivity index (χ4v) is 2.06. The normalized spacial score (nSPS) is 10.2. The quantitative estimate of drug-likeness (QED) is 0.863. The molecule has 0 bridgehead atoms. The second-order valence-corrected chi connectivity index (χ2v) is 4.86. The molecule has 0 spiro atoms. The highest BCUT2D eigenvalue weighted by atomic mass is 79.9. The molecule has 0 aliphatic rings. The van der Waals surface area contributed by atoms with E-state index < -0.39 is 0 Å². The number of benzene rings is 1. The Morgan fingerprint density at radius 1 is 1.47 bits per heavy atom. The number of nitrogens with two attached hydrogens (primary N) is 1. The van der Waals surface area contributed by atoms with Crippen LogP contribution in [0.5, 0.6) is 11.5 Å². The average Bonchev–Trinajstić information content (AvgIpc) is 2.43. The molecule has 6 heteroatoms. The molecule has 0 radical (unpaired) electrons. The number of likely N-dealkylation sites (N-methyl/N-ethyl adjacent to an activating group) is 1. The summed E-state index contributed by atoms with van der Waals surface area (Å²) in [6.07, 6.45) is 0. The summed E-state index contributed by atoms with van der Waals surface area (Å²) < 4.78 is 11.5. The molecule has 0 aliphatic carbocycles. The van der Waals surface area contributed by atoms with Crippen molar-refractivity contribution in [3.63, 3.8) is 0 Å². The fourth-order valence-electron chi connectivity index (χ4n) is 1.45. The Hall–Kier alpha value is -1.27. The summed E-state index contributed by atoms with van der Waals surface area (Å²) in [6, 6.07) is 3.65. The van der Waals surface area contributed by atoms with Crippen molar-refractivity contribution in [2.45, 2.75) is 13.5 Å². The van der Waals surface area contributed by atoms with Crippen LogP contribution in [0.25, 0.3) is 0 Å². The first kappa shape index (κ1) is 15.8. The van der Waals surface area contributed by atoms with Crippen LogP contribution in [0, 0.1) is 0 Å². The molecule has 0 fully saturated rings. The summed E-state index contributed by atoms with van der Waals surface area (Å²) >= 11 is 3.40. The van der Waals surface area contributed by atoms with Gasteiger partial charge in [-0.25, -0.2) is 0 Å². The zero-order chi connectivity index (χ0) is 14.4. The van der Waals surface area contributed by atoms with Gasteiger partial charge in [0.05, 0.1) is 11.6 Å². The Kier molecular flexibility index (Phi) is 6.11. The zero-order valence-electron chi connectivity index (χ0n) is 11.4. The van der Waals surface area contributed by atoms with Crippen LogP contribution in [-0.2, 0) is 11.3 Å². The Morgan fingerprint density at radius 3 is 2.68 bits per heavy atom. The average molecular weight is 331 g/mol. The standard InChI is InChI=1S/C13H19BrN2O3/c1-4-16(2)12(17)8-19-13-10(14)5-9(7-15)6-11(13)18-3/h5-6H,4,7-8,15H2,1-3H3. The van der Waals surface area contributed by atoms with Gasteiger partial charge in [-0.05, 0) is 40.5 Å². The molecule has 1 aromatic rings. The number of carbonyl (C=O) groups excluding carboxylic acids is 1. The number of nitrogens with zero attached hydrogens (tertiary/aromatic N) is 1. The number of carbonyl (C=O) groups is 1. The van der Waals surface area contributed by atoms with E-state index in [1.54, 1.807) is 25.1 Å². The first-order chi connectivity index (χ1) is 9.03. The Morgan fingerprint density at radius 2 is 2.16 bits per heavy atom. The highest BCUT2D eigenvalue weighted by molar-refractivity contribution is 9.10. The van der Waals surface area contributed by atoms with E-state index in [4.69, 9.17) is 15.2 Å². The van der Waals surface area contributed by atoms with Crippen molar-refractivity contribution in [1.82, 2.24) is 4.90 Å². The van der Waals surface area contributed by atoms with E-state index in [2.05, 4.69) is 15.9 Å². The van der Waals surface area contributed by atoms with Gasteiger partial charge in [-0.3, -0.25) is 4.79 Å². The second-order valence-electron chi connectivity index (χ2n) is 4.01. The van der Waals surface area contributed by atoms with E-state index >= 15 is 0 Å². The first-order valence-electron chi connectivity index (χ1n) is 5.96. The molecular weight excluding hydrogens is 312 g/mol. The van der Waals surface area contributed by atoms with Crippen molar-refractivity contribution in [2.75, 3.05) is 27.3 Å². The third-order valence-corrected chi connectivity index (χ3v) is 3.35. The number of methoxy groups -OCH3 is 1. The lowest BCUT2D eigenvalue weighted by atomic mass is 10.2. The maximum Gasteiger partial charge on any atom is 0.260 e. The Balaban J connectivity index is 2.86. The molecule has 0 aliphatic heterocycles. The van der Waals surface area contributed by atoms with Gasteiger partial charge in [-0.2, -0.15) is 0 Å². The zero-order valence-corrected chi connectivity index (χ0v) is 13.0. The van der Waals surface area contributed by atoms with Gasteiger partial charge in [0.25, 0.3) is 5.91 Å². The van der Waals surface area contributed by atoms with E-state index in [-0.39, 0.29) is 12.5 Å². The number of hydrogen-bond acceptors (Lipinski definition) is 4. The van der Waals surface area contributed by atoms with E-state index in [0.717, 1.165) is 10.0 Å².